The molecule has 1 aromatic heterocycles. The summed E-state index contributed by atoms with van der Waals surface area (Å²) in [7, 11) is 0. The summed E-state index contributed by atoms with van der Waals surface area (Å²) in [6.07, 6.45) is 0. The first-order valence-corrected chi connectivity index (χ1v) is 11.4. The van der Waals surface area contributed by atoms with Gasteiger partial charge in [-0.05, 0) is 38.5 Å². The number of Topliss-reactive ketones (excluding diaryl/α,β-unsaturated/α-hetero) is 1. The lowest BCUT2D eigenvalue weighted by Gasteiger charge is -2.29. The number of halogens is 1. The summed E-state index contributed by atoms with van der Waals surface area (Å²) in [6.45, 7) is 5.94. The molecular formula is C23H23ClN4O2S. The molecule has 0 fully saturated rings. The molecule has 0 saturated carbocycles. The van der Waals surface area contributed by atoms with Gasteiger partial charge in [0.2, 0.25) is 11.1 Å². The molecule has 0 spiro atoms. The number of para-hydroxylation sites is 1. The summed E-state index contributed by atoms with van der Waals surface area (Å²) in [5.74, 6) is 1.96. The molecule has 1 aliphatic rings. The monoisotopic (exact) mass is 454 g/mol. The van der Waals surface area contributed by atoms with Crippen LogP contribution in [0.15, 0.2) is 65.0 Å². The van der Waals surface area contributed by atoms with E-state index in [9.17, 15) is 4.79 Å². The van der Waals surface area contributed by atoms with Crippen LogP contribution in [0.5, 0.6) is 5.75 Å². The highest BCUT2D eigenvalue weighted by molar-refractivity contribution is 7.98. The number of carbonyl (C=O) groups is 1. The Balaban J connectivity index is 1.73. The Morgan fingerprint density at radius 2 is 1.97 bits per heavy atom. The van der Waals surface area contributed by atoms with Gasteiger partial charge in [0.25, 0.3) is 0 Å². The largest absolute Gasteiger partial charge is 0.494 e. The molecule has 0 amide bonds. The third-order valence-corrected chi connectivity index (χ3v) is 6.30. The van der Waals surface area contributed by atoms with E-state index in [0.29, 0.717) is 29.0 Å². The van der Waals surface area contributed by atoms with Gasteiger partial charge in [0, 0.05) is 27.6 Å². The zero-order valence-corrected chi connectivity index (χ0v) is 19.1. The molecule has 0 saturated heterocycles. The van der Waals surface area contributed by atoms with Crippen LogP contribution in [0, 0.1) is 0 Å². The van der Waals surface area contributed by atoms with E-state index in [1.54, 1.807) is 11.6 Å². The molecule has 2 aromatic carbocycles. The lowest BCUT2D eigenvalue weighted by atomic mass is 9.92. The number of aromatic nitrogens is 3. The Morgan fingerprint density at radius 1 is 1.23 bits per heavy atom. The van der Waals surface area contributed by atoms with Gasteiger partial charge in [-0.2, -0.15) is 4.98 Å². The van der Waals surface area contributed by atoms with Crippen molar-refractivity contribution < 1.29 is 9.53 Å². The number of ketones is 1. The molecule has 0 bridgehead atoms. The predicted octanol–water partition coefficient (Wildman–Crippen LogP) is 5.50. The smallest absolute Gasteiger partial charge is 0.227 e. The third kappa shape index (κ3) is 4.34. The summed E-state index contributed by atoms with van der Waals surface area (Å²) in [4.78, 5) is 17.3. The zero-order valence-electron chi connectivity index (χ0n) is 17.6. The van der Waals surface area contributed by atoms with Gasteiger partial charge in [-0.3, -0.25) is 4.79 Å². The summed E-state index contributed by atoms with van der Waals surface area (Å²) < 4.78 is 7.63. The molecule has 1 N–H and O–H groups in total. The number of rotatable bonds is 7. The first-order chi connectivity index (χ1) is 15.0. The van der Waals surface area contributed by atoms with Gasteiger partial charge in [0.15, 0.2) is 5.78 Å². The summed E-state index contributed by atoms with van der Waals surface area (Å²) in [6, 6.07) is 15.1. The van der Waals surface area contributed by atoms with Crippen LogP contribution in [0.3, 0.4) is 0 Å². The van der Waals surface area contributed by atoms with E-state index in [1.807, 2.05) is 62.4 Å². The number of thioether (sulfide) groups is 1. The average Bonchev–Trinajstić information content (AvgIpc) is 3.15. The van der Waals surface area contributed by atoms with E-state index in [0.717, 1.165) is 27.6 Å². The van der Waals surface area contributed by atoms with E-state index in [4.69, 9.17) is 21.4 Å². The van der Waals surface area contributed by atoms with Crippen LogP contribution in [0.25, 0.3) is 0 Å². The number of benzene rings is 2. The maximum absolute atomic E-state index is 12.6. The van der Waals surface area contributed by atoms with Crippen LogP contribution >= 0.6 is 23.4 Å². The molecule has 0 radical (unpaired) electrons. The van der Waals surface area contributed by atoms with Crippen molar-refractivity contribution in [3.05, 3.63) is 76.0 Å². The second kappa shape index (κ2) is 9.16. The standard InChI is InChI=1S/C23H23ClN4O2S/c1-4-30-19-12-8-6-10-17(19)21-20(15(3)29)14(2)25-22-26-23(27-28(21)22)31-13-16-9-5-7-11-18(16)24/h5-12,21H,4,13H2,1-3H3,(H,25,26,27). The SMILES string of the molecule is CCOc1ccccc1C1C(C(C)=O)=C(C)Nc2nc(SCc3ccccc3Cl)nn21. The number of hydrogen-bond acceptors (Lipinski definition) is 6. The van der Waals surface area contributed by atoms with Crippen molar-refractivity contribution in [3.8, 4) is 5.75 Å². The highest BCUT2D eigenvalue weighted by Crippen LogP contribution is 2.40. The van der Waals surface area contributed by atoms with Crippen molar-refractivity contribution >= 4 is 35.1 Å². The lowest BCUT2D eigenvalue weighted by molar-refractivity contribution is -0.114. The minimum Gasteiger partial charge on any atom is -0.494 e. The number of allylic oxidation sites excluding steroid dienone is 2. The van der Waals surface area contributed by atoms with Gasteiger partial charge in [-0.1, -0.05) is 59.8 Å². The highest BCUT2D eigenvalue weighted by atomic mass is 35.5. The van der Waals surface area contributed by atoms with Crippen LogP contribution in [-0.4, -0.2) is 27.2 Å². The Hall–Kier alpha value is -2.77. The first kappa shape index (κ1) is 21.5. The number of nitrogens with zero attached hydrogens (tertiary/aromatic N) is 3. The molecule has 8 heteroatoms. The number of carbonyl (C=O) groups excluding carboxylic acids is 1. The molecule has 3 aromatic rings. The van der Waals surface area contributed by atoms with Gasteiger partial charge in [-0.15, -0.1) is 5.10 Å². The van der Waals surface area contributed by atoms with Crippen LogP contribution in [0.2, 0.25) is 5.02 Å². The highest BCUT2D eigenvalue weighted by Gasteiger charge is 2.34. The summed E-state index contributed by atoms with van der Waals surface area (Å²) in [5, 5.41) is 9.31. The molecule has 0 aliphatic carbocycles. The second-order valence-electron chi connectivity index (χ2n) is 7.14. The summed E-state index contributed by atoms with van der Waals surface area (Å²) >= 11 is 7.79. The van der Waals surface area contributed by atoms with Crippen molar-refractivity contribution in [1.29, 1.82) is 0 Å². The fourth-order valence-corrected chi connectivity index (χ4v) is 4.80. The van der Waals surface area contributed by atoms with E-state index in [1.165, 1.54) is 11.8 Å². The van der Waals surface area contributed by atoms with Crippen molar-refractivity contribution in [2.75, 3.05) is 11.9 Å². The van der Waals surface area contributed by atoms with Gasteiger partial charge in [-0.25, -0.2) is 4.68 Å². The Kier molecular flexibility index (Phi) is 6.34. The third-order valence-electron chi connectivity index (χ3n) is 5.04. The second-order valence-corrected chi connectivity index (χ2v) is 8.49. The van der Waals surface area contributed by atoms with Crippen molar-refractivity contribution in [3.63, 3.8) is 0 Å². The molecule has 6 nitrogen and oxygen atoms in total. The fraction of sp³-hybridized carbons (Fsp3) is 0.261. The number of ether oxygens (including phenoxy) is 1. The topological polar surface area (TPSA) is 69.0 Å². The van der Waals surface area contributed by atoms with Crippen LogP contribution in [0.4, 0.5) is 5.95 Å². The Morgan fingerprint density at radius 3 is 2.71 bits per heavy atom. The molecule has 160 valence electrons. The van der Waals surface area contributed by atoms with E-state index in [2.05, 4.69) is 10.3 Å². The molecular weight excluding hydrogens is 432 g/mol. The van der Waals surface area contributed by atoms with E-state index in [-0.39, 0.29) is 5.78 Å². The molecule has 31 heavy (non-hydrogen) atoms. The maximum Gasteiger partial charge on any atom is 0.227 e. The first-order valence-electron chi connectivity index (χ1n) is 10.0. The minimum atomic E-state index is -0.418. The Bertz CT molecular complexity index is 1160. The van der Waals surface area contributed by atoms with Crippen molar-refractivity contribution in [2.24, 2.45) is 0 Å². The zero-order chi connectivity index (χ0) is 22.0. The average molecular weight is 455 g/mol. The lowest BCUT2D eigenvalue weighted by Crippen LogP contribution is -2.28. The number of nitrogens with one attached hydrogen (secondary N) is 1. The van der Waals surface area contributed by atoms with E-state index >= 15 is 0 Å². The normalized spacial score (nSPS) is 15.4. The van der Waals surface area contributed by atoms with E-state index < -0.39 is 6.04 Å². The predicted molar refractivity (Wildman–Crippen MR) is 124 cm³/mol. The van der Waals surface area contributed by atoms with Crippen LogP contribution in [-0.2, 0) is 10.5 Å². The van der Waals surface area contributed by atoms with Gasteiger partial charge in [0.05, 0.1) is 6.61 Å². The molecule has 4 rings (SSSR count). The molecule has 1 atom stereocenters. The molecule has 1 unspecified atom stereocenters. The minimum absolute atomic E-state index is 0.0206. The van der Waals surface area contributed by atoms with Crippen LogP contribution < -0.4 is 10.1 Å². The number of anilines is 1. The summed E-state index contributed by atoms with van der Waals surface area (Å²) in [5.41, 5.74) is 3.31. The Labute approximate surface area is 190 Å². The fourth-order valence-electron chi connectivity index (χ4n) is 3.69. The quantitative estimate of drug-likeness (QED) is 0.475. The maximum atomic E-state index is 12.6. The number of fused-ring (bicyclic) bond motifs is 1. The van der Waals surface area contributed by atoms with Gasteiger partial charge >= 0.3 is 0 Å². The van der Waals surface area contributed by atoms with Gasteiger partial charge in [0.1, 0.15) is 11.8 Å². The van der Waals surface area contributed by atoms with Gasteiger partial charge < -0.3 is 10.1 Å². The molecule has 1 aliphatic heterocycles. The van der Waals surface area contributed by atoms with Crippen LogP contribution in [0.1, 0.15) is 37.9 Å². The van der Waals surface area contributed by atoms with Crippen molar-refractivity contribution in [2.45, 2.75) is 37.7 Å². The number of hydrogen-bond donors (Lipinski definition) is 1. The van der Waals surface area contributed by atoms with Crippen molar-refractivity contribution in [1.82, 2.24) is 14.8 Å². The molecule has 2 heterocycles.